The molecule has 1 fully saturated rings. The Balaban J connectivity index is 2.21. The van der Waals surface area contributed by atoms with Crippen LogP contribution in [0.15, 0.2) is 22.7 Å². The highest BCUT2D eigenvalue weighted by Crippen LogP contribution is 2.42. The Morgan fingerprint density at radius 1 is 1.50 bits per heavy atom. The van der Waals surface area contributed by atoms with Crippen LogP contribution in [-0.2, 0) is 6.42 Å². The molecular formula is C16H24BrNOS. The first-order chi connectivity index (χ1) is 9.59. The van der Waals surface area contributed by atoms with Crippen molar-refractivity contribution >= 4 is 27.7 Å². The van der Waals surface area contributed by atoms with Crippen molar-refractivity contribution in [1.82, 2.24) is 5.32 Å². The van der Waals surface area contributed by atoms with E-state index in [-0.39, 0.29) is 0 Å². The molecule has 2 unspecified atom stereocenters. The van der Waals surface area contributed by atoms with Gasteiger partial charge in [0.1, 0.15) is 5.75 Å². The number of benzene rings is 1. The van der Waals surface area contributed by atoms with Gasteiger partial charge in [0.2, 0.25) is 0 Å². The summed E-state index contributed by atoms with van der Waals surface area (Å²) in [5.74, 6) is 2.27. The van der Waals surface area contributed by atoms with E-state index in [1.54, 1.807) is 7.11 Å². The Morgan fingerprint density at radius 3 is 2.90 bits per heavy atom. The second-order valence-corrected chi connectivity index (χ2v) is 8.08. The van der Waals surface area contributed by atoms with Crippen LogP contribution in [0.1, 0.15) is 32.3 Å². The number of hydrogen-bond donors (Lipinski definition) is 1. The lowest BCUT2D eigenvalue weighted by Gasteiger charge is -2.34. The van der Waals surface area contributed by atoms with Gasteiger partial charge in [-0.05, 0) is 62.2 Å². The molecule has 1 aromatic rings. The van der Waals surface area contributed by atoms with Crippen LogP contribution in [0.2, 0.25) is 0 Å². The lowest BCUT2D eigenvalue weighted by molar-refractivity contribution is 0.384. The molecule has 0 amide bonds. The molecule has 1 saturated heterocycles. The van der Waals surface area contributed by atoms with Gasteiger partial charge in [-0.3, -0.25) is 0 Å². The zero-order valence-corrected chi connectivity index (χ0v) is 14.9. The van der Waals surface area contributed by atoms with E-state index in [2.05, 4.69) is 52.9 Å². The summed E-state index contributed by atoms with van der Waals surface area (Å²) < 4.78 is 6.97. The van der Waals surface area contributed by atoms with E-state index >= 15 is 0 Å². The third kappa shape index (κ3) is 3.71. The van der Waals surface area contributed by atoms with Crippen molar-refractivity contribution in [2.75, 3.05) is 19.4 Å². The minimum Gasteiger partial charge on any atom is -0.496 e. The fourth-order valence-corrected chi connectivity index (χ4v) is 4.77. The van der Waals surface area contributed by atoms with Crippen LogP contribution in [0.5, 0.6) is 5.75 Å². The highest BCUT2D eigenvalue weighted by atomic mass is 79.9. The molecule has 2 atom stereocenters. The molecule has 0 spiro atoms. The lowest BCUT2D eigenvalue weighted by Crippen LogP contribution is -2.46. The molecule has 1 aromatic carbocycles. The lowest BCUT2D eigenvalue weighted by atomic mass is 9.90. The molecule has 0 radical (unpaired) electrons. The van der Waals surface area contributed by atoms with E-state index in [4.69, 9.17) is 4.74 Å². The predicted octanol–water partition coefficient (Wildman–Crippen LogP) is 4.26. The summed E-state index contributed by atoms with van der Waals surface area (Å²) in [5, 5.41) is 3.69. The number of methoxy groups -OCH3 is 1. The van der Waals surface area contributed by atoms with Crippen molar-refractivity contribution in [2.45, 2.75) is 43.9 Å². The van der Waals surface area contributed by atoms with Crippen molar-refractivity contribution in [3.8, 4) is 5.75 Å². The zero-order valence-electron chi connectivity index (χ0n) is 12.5. The van der Waals surface area contributed by atoms with Gasteiger partial charge in [-0.15, -0.1) is 0 Å². The number of rotatable bonds is 6. The highest BCUT2D eigenvalue weighted by molar-refractivity contribution is 9.10. The fraction of sp³-hybridized carbons (Fsp3) is 0.625. The third-order valence-electron chi connectivity index (χ3n) is 4.10. The van der Waals surface area contributed by atoms with Crippen LogP contribution in [0.3, 0.4) is 0 Å². The summed E-state index contributed by atoms with van der Waals surface area (Å²) in [7, 11) is 1.75. The van der Waals surface area contributed by atoms with Gasteiger partial charge in [0.25, 0.3) is 0 Å². The van der Waals surface area contributed by atoms with Crippen LogP contribution in [-0.4, -0.2) is 30.2 Å². The minimum absolute atomic E-state index is 0.337. The van der Waals surface area contributed by atoms with Gasteiger partial charge < -0.3 is 10.1 Å². The second-order valence-electron chi connectivity index (χ2n) is 5.54. The van der Waals surface area contributed by atoms with Crippen LogP contribution in [0, 0.1) is 0 Å². The van der Waals surface area contributed by atoms with Gasteiger partial charge in [0, 0.05) is 15.3 Å². The van der Waals surface area contributed by atoms with Gasteiger partial charge in [-0.2, -0.15) is 11.8 Å². The normalized spacial score (nSPS) is 23.8. The van der Waals surface area contributed by atoms with Crippen LogP contribution in [0.4, 0.5) is 0 Å². The second kappa shape index (κ2) is 7.19. The van der Waals surface area contributed by atoms with Gasteiger partial charge in [0.15, 0.2) is 0 Å². The Labute approximate surface area is 135 Å². The van der Waals surface area contributed by atoms with Crippen molar-refractivity contribution in [1.29, 1.82) is 0 Å². The number of hydrogen-bond acceptors (Lipinski definition) is 3. The minimum atomic E-state index is 0.337. The third-order valence-corrected chi connectivity index (χ3v) is 6.24. The summed E-state index contributed by atoms with van der Waals surface area (Å²) in [6.45, 7) is 5.60. The molecule has 1 heterocycles. The maximum atomic E-state index is 5.52. The molecular weight excluding hydrogens is 334 g/mol. The average molecular weight is 358 g/mol. The molecule has 0 saturated carbocycles. The number of likely N-dealkylation sites (N-methyl/N-ethyl adjacent to an activating group) is 1. The maximum Gasteiger partial charge on any atom is 0.122 e. The molecule has 2 rings (SSSR count). The average Bonchev–Trinajstić information content (AvgIpc) is 2.87. The Kier molecular flexibility index (Phi) is 5.82. The highest BCUT2D eigenvalue weighted by Gasteiger charge is 2.37. The SMILES string of the molecule is CCNC(Cc1cc(Br)ccc1OC)C1(C)CCCS1. The monoisotopic (exact) mass is 357 g/mol. The van der Waals surface area contributed by atoms with Crippen molar-refractivity contribution in [3.63, 3.8) is 0 Å². The Hall–Kier alpha value is -0.190. The Morgan fingerprint density at radius 2 is 2.30 bits per heavy atom. The first-order valence-corrected chi connectivity index (χ1v) is 9.06. The van der Waals surface area contributed by atoms with Gasteiger partial charge in [-0.25, -0.2) is 0 Å². The molecule has 4 heteroatoms. The Bertz CT molecular complexity index is 446. The summed E-state index contributed by atoms with van der Waals surface area (Å²) in [4.78, 5) is 0. The summed E-state index contributed by atoms with van der Waals surface area (Å²) >= 11 is 5.68. The van der Waals surface area contributed by atoms with E-state index in [1.807, 2.05) is 12.1 Å². The molecule has 1 aliphatic rings. The smallest absolute Gasteiger partial charge is 0.122 e. The molecule has 0 aliphatic carbocycles. The summed E-state index contributed by atoms with van der Waals surface area (Å²) in [6, 6.07) is 6.76. The molecule has 0 bridgehead atoms. The molecule has 0 aromatic heterocycles. The number of ether oxygens (including phenoxy) is 1. The van der Waals surface area contributed by atoms with E-state index in [1.165, 1.54) is 24.2 Å². The largest absolute Gasteiger partial charge is 0.496 e. The van der Waals surface area contributed by atoms with Crippen molar-refractivity contribution < 1.29 is 4.74 Å². The van der Waals surface area contributed by atoms with Crippen LogP contribution < -0.4 is 10.1 Å². The first kappa shape index (κ1) is 16.2. The number of halogens is 1. The quantitative estimate of drug-likeness (QED) is 0.821. The van der Waals surface area contributed by atoms with E-state index in [0.29, 0.717) is 10.8 Å². The van der Waals surface area contributed by atoms with E-state index in [0.717, 1.165) is 23.2 Å². The van der Waals surface area contributed by atoms with Crippen molar-refractivity contribution in [2.24, 2.45) is 0 Å². The molecule has 20 heavy (non-hydrogen) atoms. The van der Waals surface area contributed by atoms with Gasteiger partial charge >= 0.3 is 0 Å². The maximum absolute atomic E-state index is 5.52. The number of thioether (sulfide) groups is 1. The van der Waals surface area contributed by atoms with E-state index in [9.17, 15) is 0 Å². The van der Waals surface area contributed by atoms with Crippen LogP contribution in [0.25, 0.3) is 0 Å². The van der Waals surface area contributed by atoms with Crippen LogP contribution >= 0.6 is 27.7 Å². The summed E-state index contributed by atoms with van der Waals surface area (Å²) in [6.07, 6.45) is 3.64. The fourth-order valence-electron chi connectivity index (χ4n) is 2.95. The van der Waals surface area contributed by atoms with Crippen molar-refractivity contribution in [3.05, 3.63) is 28.2 Å². The molecule has 2 nitrogen and oxygen atoms in total. The summed E-state index contributed by atoms with van der Waals surface area (Å²) in [5.41, 5.74) is 1.28. The van der Waals surface area contributed by atoms with Gasteiger partial charge in [-0.1, -0.05) is 22.9 Å². The number of nitrogens with one attached hydrogen (secondary N) is 1. The standard InChI is InChI=1S/C16H24BrNOS/c1-4-18-15(16(2)8-5-9-20-16)11-12-10-13(17)6-7-14(12)19-3/h6-7,10,15,18H,4-5,8-9,11H2,1-3H3. The topological polar surface area (TPSA) is 21.3 Å². The zero-order chi connectivity index (χ0) is 14.6. The van der Waals surface area contributed by atoms with Gasteiger partial charge in [0.05, 0.1) is 7.11 Å². The predicted molar refractivity (Wildman–Crippen MR) is 92.0 cm³/mol. The molecule has 112 valence electrons. The molecule has 1 aliphatic heterocycles. The van der Waals surface area contributed by atoms with E-state index < -0.39 is 0 Å². The molecule has 1 N–H and O–H groups in total. The first-order valence-electron chi connectivity index (χ1n) is 7.29.